The Morgan fingerprint density at radius 3 is 2.58 bits per heavy atom. The van der Waals surface area contributed by atoms with Gasteiger partial charge in [0.2, 0.25) is 0 Å². The monoisotopic (exact) mass is 460 g/mol. The first-order chi connectivity index (χ1) is 15.8. The lowest BCUT2D eigenvalue weighted by Crippen LogP contribution is -2.36. The van der Waals surface area contributed by atoms with Gasteiger partial charge in [-0.2, -0.15) is 18.3 Å². The van der Waals surface area contributed by atoms with Crippen LogP contribution in [0.25, 0.3) is 5.69 Å². The number of anilines is 2. The van der Waals surface area contributed by atoms with Crippen molar-refractivity contribution >= 4 is 17.3 Å². The lowest BCUT2D eigenvalue weighted by molar-refractivity contribution is -0.136. The highest BCUT2D eigenvalue weighted by atomic mass is 19.4. The van der Waals surface area contributed by atoms with E-state index in [-0.39, 0.29) is 11.4 Å². The minimum atomic E-state index is -4.64. The maximum atomic E-state index is 13.8. The second kappa shape index (κ2) is 9.14. The molecule has 4 rings (SSSR count). The number of alkyl halides is 3. The van der Waals surface area contributed by atoms with E-state index in [0.717, 1.165) is 11.6 Å². The lowest BCUT2D eigenvalue weighted by Gasteiger charge is -2.29. The van der Waals surface area contributed by atoms with Gasteiger partial charge in [0.1, 0.15) is 11.4 Å². The van der Waals surface area contributed by atoms with E-state index in [1.54, 1.807) is 18.3 Å². The average Bonchev–Trinajstić information content (AvgIpc) is 3.29. The minimum Gasteiger partial charge on any atom is -0.494 e. The Balaban J connectivity index is 1.59. The van der Waals surface area contributed by atoms with Gasteiger partial charge >= 0.3 is 6.18 Å². The molecule has 1 amide bonds. The number of rotatable bonds is 5. The summed E-state index contributed by atoms with van der Waals surface area (Å²) >= 11 is 0. The van der Waals surface area contributed by atoms with E-state index >= 15 is 0 Å². The van der Waals surface area contributed by atoms with Gasteiger partial charge in [0, 0.05) is 25.0 Å². The number of nitrogens with one attached hydrogen (secondary N) is 1. The van der Waals surface area contributed by atoms with Crippen LogP contribution in [0, 0.1) is 6.92 Å². The molecule has 3 aromatic rings. The van der Waals surface area contributed by atoms with Crippen LogP contribution in [0.4, 0.5) is 24.5 Å². The van der Waals surface area contributed by atoms with E-state index in [0.29, 0.717) is 43.4 Å². The lowest BCUT2D eigenvalue weighted by atomic mass is 10.1. The summed E-state index contributed by atoms with van der Waals surface area (Å²) in [6.07, 6.45) is -3.09. The SMILES string of the molecule is COc1ccc(C)cc1-n1ccc(C(=O)Nc2ccc(N3CCOCC3)cc2C(F)(F)F)n1. The van der Waals surface area contributed by atoms with Gasteiger partial charge in [0.05, 0.1) is 31.6 Å². The number of aryl methyl sites for hydroxylation is 1. The summed E-state index contributed by atoms with van der Waals surface area (Å²) < 4.78 is 53.3. The third kappa shape index (κ3) is 4.95. The molecular weight excluding hydrogens is 437 g/mol. The predicted octanol–water partition coefficient (Wildman–Crippen LogP) is 4.30. The van der Waals surface area contributed by atoms with Gasteiger partial charge in [-0.3, -0.25) is 4.79 Å². The molecule has 0 spiro atoms. The summed E-state index contributed by atoms with van der Waals surface area (Å²) in [4.78, 5) is 14.6. The zero-order valence-corrected chi connectivity index (χ0v) is 18.1. The number of hydrogen-bond acceptors (Lipinski definition) is 5. The van der Waals surface area contributed by atoms with Crippen LogP contribution in [-0.2, 0) is 10.9 Å². The number of hydrogen-bond donors (Lipinski definition) is 1. The standard InChI is InChI=1S/C23H23F3N4O3/c1-15-3-6-21(32-2)20(13-15)30-8-7-19(28-30)22(31)27-18-5-4-16(14-17(18)23(24,25)26)29-9-11-33-12-10-29/h3-8,13-14H,9-12H2,1-2H3,(H,27,31). The van der Waals surface area contributed by atoms with E-state index < -0.39 is 17.6 Å². The van der Waals surface area contributed by atoms with Gasteiger partial charge in [0.25, 0.3) is 5.91 Å². The Hall–Kier alpha value is -3.53. The van der Waals surface area contributed by atoms with Crippen molar-refractivity contribution in [2.45, 2.75) is 13.1 Å². The molecule has 1 aromatic heterocycles. The third-order valence-corrected chi connectivity index (χ3v) is 5.34. The van der Waals surface area contributed by atoms with Gasteiger partial charge in [0.15, 0.2) is 5.69 Å². The fourth-order valence-electron chi connectivity index (χ4n) is 3.64. The molecule has 33 heavy (non-hydrogen) atoms. The molecule has 0 unspecified atom stereocenters. The molecule has 1 fully saturated rings. The van der Waals surface area contributed by atoms with Gasteiger partial charge < -0.3 is 19.7 Å². The van der Waals surface area contributed by atoms with E-state index in [2.05, 4.69) is 10.4 Å². The molecule has 2 heterocycles. The van der Waals surface area contributed by atoms with Gasteiger partial charge in [-0.25, -0.2) is 4.68 Å². The molecule has 1 aliphatic rings. The number of methoxy groups -OCH3 is 1. The number of amides is 1. The predicted molar refractivity (Wildman–Crippen MR) is 117 cm³/mol. The Kier molecular flexibility index (Phi) is 6.28. The zero-order chi connectivity index (χ0) is 23.6. The molecule has 0 aliphatic carbocycles. The van der Waals surface area contributed by atoms with Gasteiger partial charge in [-0.15, -0.1) is 0 Å². The summed E-state index contributed by atoms with van der Waals surface area (Å²) in [5.41, 5.74) is 0.736. The molecule has 1 saturated heterocycles. The van der Waals surface area contributed by atoms with Crippen LogP contribution in [0.15, 0.2) is 48.7 Å². The third-order valence-electron chi connectivity index (χ3n) is 5.34. The first kappa shape index (κ1) is 22.7. The smallest absolute Gasteiger partial charge is 0.418 e. The van der Waals surface area contributed by atoms with E-state index in [4.69, 9.17) is 9.47 Å². The molecule has 0 radical (unpaired) electrons. The van der Waals surface area contributed by atoms with Crippen molar-refractivity contribution in [1.82, 2.24) is 9.78 Å². The molecule has 1 aliphatic heterocycles. The zero-order valence-electron chi connectivity index (χ0n) is 18.1. The minimum absolute atomic E-state index is 0.0241. The van der Waals surface area contributed by atoms with Crippen molar-refractivity contribution in [1.29, 1.82) is 0 Å². The van der Waals surface area contributed by atoms with E-state index in [1.807, 2.05) is 24.0 Å². The van der Waals surface area contributed by atoms with Crippen LogP contribution in [0.5, 0.6) is 5.75 Å². The Morgan fingerprint density at radius 1 is 1.12 bits per heavy atom. The number of carbonyl (C=O) groups excluding carboxylic acids is 1. The van der Waals surface area contributed by atoms with Crippen LogP contribution in [0.3, 0.4) is 0 Å². The molecule has 0 atom stereocenters. The maximum Gasteiger partial charge on any atom is 0.418 e. The fourth-order valence-corrected chi connectivity index (χ4v) is 3.64. The van der Waals surface area contributed by atoms with Gasteiger partial charge in [-0.05, 0) is 48.9 Å². The second-order valence-corrected chi connectivity index (χ2v) is 7.60. The molecular formula is C23H23F3N4O3. The van der Waals surface area contributed by atoms with Crippen molar-refractivity contribution in [3.63, 3.8) is 0 Å². The van der Waals surface area contributed by atoms with Crippen molar-refractivity contribution in [3.8, 4) is 11.4 Å². The number of ether oxygens (including phenoxy) is 2. The maximum absolute atomic E-state index is 13.8. The normalized spacial score (nSPS) is 14.3. The highest BCUT2D eigenvalue weighted by molar-refractivity contribution is 6.03. The highest BCUT2D eigenvalue weighted by Gasteiger charge is 2.35. The van der Waals surface area contributed by atoms with Crippen LogP contribution < -0.4 is 15.0 Å². The van der Waals surface area contributed by atoms with Crippen molar-refractivity contribution in [3.05, 3.63) is 65.5 Å². The summed E-state index contributed by atoms with van der Waals surface area (Å²) in [7, 11) is 1.52. The first-order valence-corrected chi connectivity index (χ1v) is 10.3. The number of morpholine rings is 1. The summed E-state index contributed by atoms with van der Waals surface area (Å²) in [6.45, 7) is 3.81. The molecule has 1 N–H and O–H groups in total. The average molecular weight is 460 g/mol. The molecule has 2 aromatic carbocycles. The number of carbonyl (C=O) groups is 1. The topological polar surface area (TPSA) is 68.6 Å². The largest absolute Gasteiger partial charge is 0.494 e. The van der Waals surface area contributed by atoms with Crippen molar-refractivity contribution in [2.75, 3.05) is 43.6 Å². The molecule has 174 valence electrons. The quantitative estimate of drug-likeness (QED) is 0.615. The number of benzene rings is 2. The van der Waals surface area contributed by atoms with E-state index in [1.165, 1.54) is 23.9 Å². The Bertz CT molecular complexity index is 1150. The molecule has 7 nitrogen and oxygen atoms in total. The molecule has 0 bridgehead atoms. The van der Waals surface area contributed by atoms with Crippen LogP contribution in [-0.4, -0.2) is 49.1 Å². The Labute approximate surface area is 188 Å². The highest BCUT2D eigenvalue weighted by Crippen LogP contribution is 2.37. The summed E-state index contributed by atoms with van der Waals surface area (Å²) in [5.74, 6) is -0.196. The summed E-state index contributed by atoms with van der Waals surface area (Å²) in [5, 5.41) is 6.59. The molecule has 0 saturated carbocycles. The van der Waals surface area contributed by atoms with Crippen LogP contribution >= 0.6 is 0 Å². The molecule has 10 heteroatoms. The van der Waals surface area contributed by atoms with Crippen LogP contribution in [0.1, 0.15) is 21.6 Å². The van der Waals surface area contributed by atoms with Crippen LogP contribution in [0.2, 0.25) is 0 Å². The second-order valence-electron chi connectivity index (χ2n) is 7.60. The number of halogens is 3. The fraction of sp³-hybridized carbons (Fsp3) is 0.304. The summed E-state index contributed by atoms with van der Waals surface area (Å²) in [6, 6.07) is 10.8. The number of nitrogens with zero attached hydrogens (tertiary/aromatic N) is 3. The first-order valence-electron chi connectivity index (χ1n) is 10.3. The Morgan fingerprint density at radius 2 is 1.88 bits per heavy atom. The van der Waals surface area contributed by atoms with Crippen molar-refractivity contribution in [2.24, 2.45) is 0 Å². The van der Waals surface area contributed by atoms with E-state index in [9.17, 15) is 18.0 Å². The number of aromatic nitrogens is 2. The van der Waals surface area contributed by atoms with Crippen molar-refractivity contribution < 1.29 is 27.4 Å². The van der Waals surface area contributed by atoms with Gasteiger partial charge in [-0.1, -0.05) is 6.07 Å².